The zero-order chi connectivity index (χ0) is 13.1. The molecule has 0 radical (unpaired) electrons. The SMILES string of the molecule is C[C@H](N)c1ccc(Oc2ccc(I)cc2)c(Br)c1. The van der Waals surface area contributed by atoms with Gasteiger partial charge in [0, 0.05) is 9.61 Å². The standard InChI is InChI=1S/C14H13BrINO/c1-9(17)10-2-7-14(13(15)8-10)18-12-5-3-11(16)4-6-12/h2-9H,17H2,1H3/t9-/m0/s1. The molecule has 0 unspecified atom stereocenters. The van der Waals surface area contributed by atoms with Gasteiger partial charge in [-0.15, -0.1) is 0 Å². The highest BCUT2D eigenvalue weighted by atomic mass is 127. The fraction of sp³-hybridized carbons (Fsp3) is 0.143. The summed E-state index contributed by atoms with van der Waals surface area (Å²) in [5.41, 5.74) is 6.92. The summed E-state index contributed by atoms with van der Waals surface area (Å²) in [6, 6.07) is 13.9. The van der Waals surface area contributed by atoms with Crippen molar-refractivity contribution in [2.75, 3.05) is 0 Å². The van der Waals surface area contributed by atoms with Gasteiger partial charge < -0.3 is 10.5 Å². The van der Waals surface area contributed by atoms with Gasteiger partial charge in [-0.05, 0) is 87.4 Å². The Hall–Kier alpha value is -0.590. The number of nitrogens with two attached hydrogens (primary N) is 1. The summed E-state index contributed by atoms with van der Waals surface area (Å²) in [5.74, 6) is 1.62. The van der Waals surface area contributed by atoms with Gasteiger partial charge >= 0.3 is 0 Å². The van der Waals surface area contributed by atoms with Gasteiger partial charge in [-0.1, -0.05) is 6.07 Å². The summed E-state index contributed by atoms with van der Waals surface area (Å²) in [4.78, 5) is 0. The van der Waals surface area contributed by atoms with Crippen molar-refractivity contribution in [3.63, 3.8) is 0 Å². The zero-order valence-corrected chi connectivity index (χ0v) is 13.6. The van der Waals surface area contributed by atoms with Gasteiger partial charge in [0.2, 0.25) is 0 Å². The van der Waals surface area contributed by atoms with Crippen molar-refractivity contribution < 1.29 is 4.74 Å². The van der Waals surface area contributed by atoms with E-state index in [0.29, 0.717) is 0 Å². The molecule has 2 rings (SSSR count). The summed E-state index contributed by atoms with van der Waals surface area (Å²) < 4.78 is 7.91. The van der Waals surface area contributed by atoms with E-state index in [4.69, 9.17) is 10.5 Å². The van der Waals surface area contributed by atoms with Crippen molar-refractivity contribution in [2.45, 2.75) is 13.0 Å². The lowest BCUT2D eigenvalue weighted by atomic mass is 10.1. The van der Waals surface area contributed by atoms with E-state index in [2.05, 4.69) is 38.5 Å². The van der Waals surface area contributed by atoms with Gasteiger partial charge in [0.15, 0.2) is 0 Å². The summed E-state index contributed by atoms with van der Waals surface area (Å²) in [5, 5.41) is 0. The van der Waals surface area contributed by atoms with Gasteiger partial charge in [0.1, 0.15) is 11.5 Å². The van der Waals surface area contributed by atoms with Crippen LogP contribution in [0.25, 0.3) is 0 Å². The first-order chi connectivity index (χ1) is 8.56. The normalized spacial score (nSPS) is 12.2. The molecule has 0 fully saturated rings. The highest BCUT2D eigenvalue weighted by molar-refractivity contribution is 14.1. The van der Waals surface area contributed by atoms with E-state index in [9.17, 15) is 0 Å². The molecule has 0 saturated carbocycles. The van der Waals surface area contributed by atoms with E-state index in [1.807, 2.05) is 49.4 Å². The van der Waals surface area contributed by atoms with E-state index < -0.39 is 0 Å². The van der Waals surface area contributed by atoms with Crippen molar-refractivity contribution in [3.8, 4) is 11.5 Å². The van der Waals surface area contributed by atoms with E-state index in [1.165, 1.54) is 3.57 Å². The van der Waals surface area contributed by atoms with E-state index in [1.54, 1.807) is 0 Å². The summed E-state index contributed by atoms with van der Waals surface area (Å²) >= 11 is 5.77. The predicted molar refractivity (Wildman–Crippen MR) is 86.0 cm³/mol. The van der Waals surface area contributed by atoms with Crippen LogP contribution in [0.5, 0.6) is 11.5 Å². The van der Waals surface area contributed by atoms with Crippen molar-refractivity contribution in [3.05, 3.63) is 56.1 Å². The van der Waals surface area contributed by atoms with Crippen LogP contribution in [0.3, 0.4) is 0 Å². The Morgan fingerprint density at radius 1 is 1.17 bits per heavy atom. The maximum absolute atomic E-state index is 5.84. The lowest BCUT2D eigenvalue weighted by Crippen LogP contribution is -2.04. The first kappa shape index (κ1) is 13.8. The molecule has 0 bridgehead atoms. The quantitative estimate of drug-likeness (QED) is 0.723. The Bertz CT molecular complexity index is 540. The van der Waals surface area contributed by atoms with Crippen LogP contribution in [0.1, 0.15) is 18.5 Å². The molecule has 2 aromatic carbocycles. The van der Waals surface area contributed by atoms with Gasteiger partial charge in [0.25, 0.3) is 0 Å². The summed E-state index contributed by atoms with van der Waals surface area (Å²) in [6.45, 7) is 1.96. The van der Waals surface area contributed by atoms with Crippen LogP contribution in [-0.2, 0) is 0 Å². The number of hydrogen-bond donors (Lipinski definition) is 1. The topological polar surface area (TPSA) is 35.2 Å². The second kappa shape index (κ2) is 6.04. The summed E-state index contributed by atoms with van der Waals surface area (Å²) in [7, 11) is 0. The van der Waals surface area contributed by atoms with E-state index in [0.717, 1.165) is 21.5 Å². The molecule has 2 aromatic rings. The third-order valence-electron chi connectivity index (χ3n) is 2.52. The van der Waals surface area contributed by atoms with Gasteiger partial charge in [-0.3, -0.25) is 0 Å². The first-order valence-electron chi connectivity index (χ1n) is 5.54. The molecule has 0 aliphatic carbocycles. The number of hydrogen-bond acceptors (Lipinski definition) is 2. The monoisotopic (exact) mass is 417 g/mol. The highest BCUT2D eigenvalue weighted by Gasteiger charge is 2.06. The van der Waals surface area contributed by atoms with Crippen LogP contribution >= 0.6 is 38.5 Å². The molecular formula is C14H13BrINO. The Kier molecular flexibility index (Phi) is 4.64. The molecule has 94 valence electrons. The number of halogens is 2. The zero-order valence-electron chi connectivity index (χ0n) is 9.86. The molecule has 0 spiro atoms. The molecule has 0 aromatic heterocycles. The highest BCUT2D eigenvalue weighted by Crippen LogP contribution is 2.31. The Balaban J connectivity index is 2.22. The van der Waals surface area contributed by atoms with Crippen LogP contribution in [0, 0.1) is 3.57 Å². The number of benzene rings is 2. The molecule has 0 heterocycles. The molecule has 0 amide bonds. The van der Waals surface area contributed by atoms with Crippen molar-refractivity contribution in [1.82, 2.24) is 0 Å². The third-order valence-corrected chi connectivity index (χ3v) is 3.86. The third kappa shape index (κ3) is 3.46. The minimum Gasteiger partial charge on any atom is -0.456 e. The number of rotatable bonds is 3. The minimum absolute atomic E-state index is 0.0219. The predicted octanol–water partition coefficient (Wildman–Crippen LogP) is 4.87. The average molecular weight is 418 g/mol. The molecular weight excluding hydrogens is 405 g/mol. The van der Waals surface area contributed by atoms with Gasteiger partial charge in [-0.2, -0.15) is 0 Å². The van der Waals surface area contributed by atoms with Crippen LogP contribution in [-0.4, -0.2) is 0 Å². The Morgan fingerprint density at radius 2 is 1.83 bits per heavy atom. The summed E-state index contributed by atoms with van der Waals surface area (Å²) in [6.07, 6.45) is 0. The molecule has 0 aliphatic heterocycles. The maximum atomic E-state index is 5.84. The van der Waals surface area contributed by atoms with Crippen LogP contribution in [0.2, 0.25) is 0 Å². The fourth-order valence-electron chi connectivity index (χ4n) is 1.51. The maximum Gasteiger partial charge on any atom is 0.141 e. The second-order valence-electron chi connectivity index (χ2n) is 4.03. The Morgan fingerprint density at radius 3 is 2.39 bits per heavy atom. The van der Waals surface area contributed by atoms with Crippen molar-refractivity contribution in [1.29, 1.82) is 0 Å². The molecule has 0 saturated heterocycles. The van der Waals surface area contributed by atoms with Gasteiger partial charge in [-0.25, -0.2) is 0 Å². The fourth-order valence-corrected chi connectivity index (χ4v) is 2.35. The minimum atomic E-state index is 0.0219. The lowest BCUT2D eigenvalue weighted by molar-refractivity contribution is 0.479. The molecule has 4 heteroatoms. The van der Waals surface area contributed by atoms with Crippen LogP contribution in [0.4, 0.5) is 0 Å². The van der Waals surface area contributed by atoms with Gasteiger partial charge in [0.05, 0.1) is 4.47 Å². The smallest absolute Gasteiger partial charge is 0.141 e. The molecule has 1 atom stereocenters. The average Bonchev–Trinajstić information content (AvgIpc) is 2.34. The van der Waals surface area contributed by atoms with Crippen LogP contribution < -0.4 is 10.5 Å². The lowest BCUT2D eigenvalue weighted by Gasteiger charge is -2.11. The molecule has 2 N–H and O–H groups in total. The molecule has 0 aliphatic rings. The van der Waals surface area contributed by atoms with E-state index >= 15 is 0 Å². The Labute approximate surface area is 129 Å². The van der Waals surface area contributed by atoms with Crippen molar-refractivity contribution >= 4 is 38.5 Å². The molecule has 2 nitrogen and oxygen atoms in total. The molecule has 18 heavy (non-hydrogen) atoms. The largest absolute Gasteiger partial charge is 0.456 e. The second-order valence-corrected chi connectivity index (χ2v) is 6.13. The van der Waals surface area contributed by atoms with Crippen LogP contribution in [0.15, 0.2) is 46.9 Å². The van der Waals surface area contributed by atoms with E-state index in [-0.39, 0.29) is 6.04 Å². The number of ether oxygens (including phenoxy) is 1. The van der Waals surface area contributed by atoms with Crippen molar-refractivity contribution in [2.24, 2.45) is 5.73 Å². The first-order valence-corrected chi connectivity index (χ1v) is 7.42.